The number of carbonyl (C=O) groups is 2. The molecular formula is C21H29F3N4O2. The largest absolute Gasteiger partial charge is 0.471 e. The molecule has 3 rings (SSSR count). The van der Waals surface area contributed by atoms with Crippen LogP contribution in [0.3, 0.4) is 0 Å². The third-order valence-electron chi connectivity index (χ3n) is 5.98. The van der Waals surface area contributed by atoms with Crippen LogP contribution in [0, 0.1) is 5.92 Å². The number of carbonyl (C=O) groups excluding carboxylic acids is 2. The minimum Gasteiger partial charge on any atom is -0.354 e. The zero-order valence-corrected chi connectivity index (χ0v) is 17.2. The molecule has 1 atom stereocenters. The lowest BCUT2D eigenvalue weighted by Crippen LogP contribution is -2.51. The van der Waals surface area contributed by atoms with Gasteiger partial charge in [0, 0.05) is 45.8 Å². The van der Waals surface area contributed by atoms with Gasteiger partial charge in [0.2, 0.25) is 5.91 Å². The van der Waals surface area contributed by atoms with Crippen molar-refractivity contribution < 1.29 is 22.8 Å². The summed E-state index contributed by atoms with van der Waals surface area (Å²) in [7, 11) is 2.06. The zero-order valence-electron chi connectivity index (χ0n) is 17.2. The van der Waals surface area contributed by atoms with E-state index in [2.05, 4.69) is 22.2 Å². The lowest BCUT2D eigenvalue weighted by atomic mass is 9.96. The van der Waals surface area contributed by atoms with Crippen LogP contribution in [0.25, 0.3) is 0 Å². The van der Waals surface area contributed by atoms with Crippen molar-refractivity contribution in [2.75, 3.05) is 52.9 Å². The van der Waals surface area contributed by atoms with Crippen molar-refractivity contribution in [3.8, 4) is 0 Å². The number of piperazine rings is 1. The molecule has 0 aromatic heterocycles. The molecule has 9 heteroatoms. The van der Waals surface area contributed by atoms with Gasteiger partial charge in [-0.3, -0.25) is 14.5 Å². The maximum atomic E-state index is 13.1. The first-order chi connectivity index (χ1) is 14.3. The Balaban J connectivity index is 1.56. The summed E-state index contributed by atoms with van der Waals surface area (Å²) in [4.78, 5) is 29.7. The van der Waals surface area contributed by atoms with Crippen LogP contribution >= 0.6 is 0 Å². The molecule has 2 saturated heterocycles. The average Bonchev–Trinajstić information content (AvgIpc) is 2.74. The SMILES string of the molecule is CN1CCN([C@@H](C(=O)NCC2CCN(C(=O)C(F)(F)F)CC2)c2ccccc2)CC1. The number of likely N-dealkylation sites (N-methyl/N-ethyl adjacent to an activating group) is 1. The molecule has 166 valence electrons. The van der Waals surface area contributed by atoms with Gasteiger partial charge in [-0.2, -0.15) is 13.2 Å². The second-order valence-electron chi connectivity index (χ2n) is 8.13. The fourth-order valence-electron chi connectivity index (χ4n) is 4.10. The fraction of sp³-hybridized carbons (Fsp3) is 0.619. The number of likely N-dealkylation sites (tertiary alicyclic amines) is 1. The standard InChI is InChI=1S/C21H29F3N4O2/c1-26-11-13-27(14-12-26)18(17-5-3-2-4-6-17)19(29)25-15-16-7-9-28(10-8-16)20(30)21(22,23)24/h2-6,16,18H,7-15H2,1H3,(H,25,29)/t18-/m1/s1. The highest BCUT2D eigenvalue weighted by Crippen LogP contribution is 2.25. The smallest absolute Gasteiger partial charge is 0.354 e. The number of amides is 2. The topological polar surface area (TPSA) is 55.9 Å². The molecule has 0 saturated carbocycles. The van der Waals surface area contributed by atoms with Gasteiger partial charge in [0.25, 0.3) is 0 Å². The van der Waals surface area contributed by atoms with E-state index in [0.29, 0.717) is 19.4 Å². The van der Waals surface area contributed by atoms with Crippen LogP contribution in [0.2, 0.25) is 0 Å². The Kier molecular flexibility index (Phi) is 7.36. The number of benzene rings is 1. The Morgan fingerprint density at radius 1 is 1.03 bits per heavy atom. The molecule has 1 aromatic carbocycles. The zero-order chi connectivity index (χ0) is 21.7. The van der Waals surface area contributed by atoms with E-state index in [1.165, 1.54) is 0 Å². The van der Waals surface area contributed by atoms with Crippen LogP contribution in [0.5, 0.6) is 0 Å². The van der Waals surface area contributed by atoms with Gasteiger partial charge in [0.1, 0.15) is 6.04 Å². The third kappa shape index (κ3) is 5.72. The van der Waals surface area contributed by atoms with Crippen molar-refractivity contribution in [3.63, 3.8) is 0 Å². The number of nitrogens with one attached hydrogen (secondary N) is 1. The number of hydrogen-bond acceptors (Lipinski definition) is 4. The summed E-state index contributed by atoms with van der Waals surface area (Å²) < 4.78 is 37.7. The molecule has 2 amide bonds. The molecule has 1 aromatic rings. The van der Waals surface area contributed by atoms with E-state index in [4.69, 9.17) is 0 Å². The maximum absolute atomic E-state index is 13.1. The first-order valence-corrected chi connectivity index (χ1v) is 10.4. The van der Waals surface area contributed by atoms with Crippen LogP contribution < -0.4 is 5.32 Å². The van der Waals surface area contributed by atoms with Crippen molar-refractivity contribution in [2.45, 2.75) is 25.1 Å². The van der Waals surface area contributed by atoms with Gasteiger partial charge >= 0.3 is 12.1 Å². The average molecular weight is 426 g/mol. The van der Waals surface area contributed by atoms with Crippen molar-refractivity contribution in [2.24, 2.45) is 5.92 Å². The normalized spacial score (nSPS) is 20.7. The van der Waals surface area contributed by atoms with Gasteiger partial charge in [-0.15, -0.1) is 0 Å². The summed E-state index contributed by atoms with van der Waals surface area (Å²) in [5.74, 6) is -1.79. The van der Waals surface area contributed by atoms with E-state index in [-0.39, 0.29) is 31.0 Å². The molecule has 6 nitrogen and oxygen atoms in total. The molecule has 1 N–H and O–H groups in total. The van der Waals surface area contributed by atoms with E-state index in [1.807, 2.05) is 30.3 Å². The Labute approximate surface area is 175 Å². The molecule has 2 fully saturated rings. The van der Waals surface area contributed by atoms with Crippen molar-refractivity contribution in [1.29, 1.82) is 0 Å². The van der Waals surface area contributed by atoms with E-state index in [1.54, 1.807) is 0 Å². The van der Waals surface area contributed by atoms with Gasteiger partial charge in [-0.25, -0.2) is 0 Å². The van der Waals surface area contributed by atoms with E-state index >= 15 is 0 Å². The van der Waals surface area contributed by atoms with Gasteiger partial charge in [0.15, 0.2) is 0 Å². The lowest BCUT2D eigenvalue weighted by molar-refractivity contribution is -0.186. The minimum atomic E-state index is -4.83. The molecular weight excluding hydrogens is 397 g/mol. The van der Waals surface area contributed by atoms with Crippen LogP contribution in [-0.4, -0.2) is 85.6 Å². The number of rotatable bonds is 5. The van der Waals surface area contributed by atoms with Gasteiger partial charge in [0.05, 0.1) is 0 Å². The number of alkyl halides is 3. The Morgan fingerprint density at radius 2 is 1.63 bits per heavy atom. The maximum Gasteiger partial charge on any atom is 0.471 e. The molecule has 30 heavy (non-hydrogen) atoms. The summed E-state index contributed by atoms with van der Waals surface area (Å²) in [5.41, 5.74) is 0.935. The fourth-order valence-corrected chi connectivity index (χ4v) is 4.10. The molecule has 2 aliphatic heterocycles. The summed E-state index contributed by atoms with van der Waals surface area (Å²) >= 11 is 0. The van der Waals surface area contributed by atoms with Crippen molar-refractivity contribution in [1.82, 2.24) is 20.0 Å². The number of halogens is 3. The van der Waals surface area contributed by atoms with Gasteiger partial charge in [-0.1, -0.05) is 30.3 Å². The van der Waals surface area contributed by atoms with Gasteiger partial charge in [-0.05, 0) is 31.4 Å². The summed E-state index contributed by atoms with van der Waals surface area (Å²) in [5, 5.41) is 3.01. The second-order valence-corrected chi connectivity index (χ2v) is 8.13. The predicted octanol–water partition coefficient (Wildman–Crippen LogP) is 1.89. The van der Waals surface area contributed by atoms with Crippen LogP contribution in [0.4, 0.5) is 13.2 Å². The molecule has 0 unspecified atom stereocenters. The molecule has 2 heterocycles. The minimum absolute atomic E-state index is 0.0650. The Morgan fingerprint density at radius 3 is 2.20 bits per heavy atom. The number of nitrogens with zero attached hydrogens (tertiary/aromatic N) is 3. The van der Waals surface area contributed by atoms with Crippen molar-refractivity contribution in [3.05, 3.63) is 35.9 Å². The molecule has 2 aliphatic rings. The van der Waals surface area contributed by atoms with Gasteiger partial charge < -0.3 is 15.1 Å². The highest BCUT2D eigenvalue weighted by Gasteiger charge is 2.43. The molecule has 0 aliphatic carbocycles. The first kappa shape index (κ1) is 22.6. The van der Waals surface area contributed by atoms with E-state index in [0.717, 1.165) is 36.6 Å². The monoisotopic (exact) mass is 426 g/mol. The van der Waals surface area contributed by atoms with Crippen LogP contribution in [-0.2, 0) is 9.59 Å². The highest BCUT2D eigenvalue weighted by molar-refractivity contribution is 5.83. The number of hydrogen-bond donors (Lipinski definition) is 1. The highest BCUT2D eigenvalue weighted by atomic mass is 19.4. The van der Waals surface area contributed by atoms with E-state index in [9.17, 15) is 22.8 Å². The second kappa shape index (κ2) is 9.78. The summed E-state index contributed by atoms with van der Waals surface area (Å²) in [6, 6.07) is 9.26. The first-order valence-electron chi connectivity index (χ1n) is 10.4. The molecule has 0 spiro atoms. The quantitative estimate of drug-likeness (QED) is 0.782. The predicted molar refractivity (Wildman–Crippen MR) is 107 cm³/mol. The summed E-state index contributed by atoms with van der Waals surface area (Å²) in [6.07, 6.45) is -3.92. The van der Waals surface area contributed by atoms with Crippen molar-refractivity contribution >= 4 is 11.8 Å². The Bertz CT molecular complexity index is 713. The van der Waals surface area contributed by atoms with Crippen LogP contribution in [0.15, 0.2) is 30.3 Å². The lowest BCUT2D eigenvalue weighted by Gasteiger charge is -2.38. The van der Waals surface area contributed by atoms with E-state index < -0.39 is 12.1 Å². The Hall–Kier alpha value is -2.13. The third-order valence-corrected chi connectivity index (χ3v) is 5.98. The van der Waals surface area contributed by atoms with Crippen LogP contribution in [0.1, 0.15) is 24.4 Å². The summed E-state index contributed by atoms with van der Waals surface area (Å²) in [6.45, 7) is 3.91. The number of piperidine rings is 1. The molecule has 0 radical (unpaired) electrons. The molecule has 0 bridgehead atoms.